The van der Waals surface area contributed by atoms with Crippen molar-refractivity contribution in [3.63, 3.8) is 0 Å². The van der Waals surface area contributed by atoms with Crippen LogP contribution in [0.4, 0.5) is 0 Å². The van der Waals surface area contributed by atoms with E-state index in [4.69, 9.17) is 15.8 Å². The Bertz CT molecular complexity index is 224. The normalized spacial score (nSPS) is 16.2. The highest BCUT2D eigenvalue weighted by molar-refractivity contribution is 4.88. The van der Waals surface area contributed by atoms with Gasteiger partial charge in [0.05, 0.1) is 0 Å². The highest BCUT2D eigenvalue weighted by Crippen LogP contribution is 2.03. The minimum atomic E-state index is 0.269. The molecule has 0 aromatic carbocycles. The van der Waals surface area contributed by atoms with Gasteiger partial charge in [-0.1, -0.05) is 0 Å². The minimum absolute atomic E-state index is 0.269. The zero-order valence-corrected chi connectivity index (χ0v) is 6.30. The topological polar surface area (TPSA) is 81.1 Å². The van der Waals surface area contributed by atoms with Gasteiger partial charge in [-0.3, -0.25) is 14.7 Å². The summed E-state index contributed by atoms with van der Waals surface area (Å²) < 4.78 is 0. The van der Waals surface area contributed by atoms with E-state index in [1.807, 2.05) is 18.6 Å². The van der Waals surface area contributed by atoms with Crippen molar-refractivity contribution in [2.75, 3.05) is 20.0 Å². The first-order valence-corrected chi connectivity index (χ1v) is 3.24. The molecule has 0 spiro atoms. The van der Waals surface area contributed by atoms with Gasteiger partial charge in [0.1, 0.15) is 20.0 Å². The van der Waals surface area contributed by atoms with Gasteiger partial charge in [0.2, 0.25) is 0 Å². The molecule has 0 aromatic heterocycles. The van der Waals surface area contributed by atoms with E-state index in [2.05, 4.69) is 0 Å². The summed E-state index contributed by atoms with van der Waals surface area (Å²) in [6.07, 6.45) is 5.64. The van der Waals surface area contributed by atoms with Gasteiger partial charge in [-0.15, -0.1) is 0 Å². The summed E-state index contributed by atoms with van der Waals surface area (Å²) in [6.45, 7) is 0.807. The number of nitriles is 3. The van der Waals surface area contributed by atoms with E-state index in [0.29, 0.717) is 0 Å². The zero-order chi connectivity index (χ0) is 8.97. The Morgan fingerprint density at radius 2 is 0.917 bits per heavy atom. The molecule has 0 aliphatic carbocycles. The van der Waals surface area contributed by atoms with E-state index in [-0.39, 0.29) is 20.0 Å². The van der Waals surface area contributed by atoms with Crippen LogP contribution in [0.5, 0.6) is 0 Å². The van der Waals surface area contributed by atoms with Crippen LogP contribution in [-0.2, 0) is 0 Å². The smallest absolute Gasteiger partial charge is 0.182 e. The Hall–Kier alpha value is -2.13. The van der Waals surface area contributed by atoms with Gasteiger partial charge >= 0.3 is 0 Å². The molecule has 1 saturated heterocycles. The average Bonchev–Trinajstić information content (AvgIpc) is 2.16. The fourth-order valence-corrected chi connectivity index (χ4v) is 0.942. The van der Waals surface area contributed by atoms with E-state index in [1.165, 1.54) is 14.7 Å². The van der Waals surface area contributed by atoms with Crippen LogP contribution in [0.2, 0.25) is 0 Å². The first-order chi connectivity index (χ1) is 5.80. The molecule has 0 radical (unpaired) electrons. The molecule has 60 valence electrons. The highest BCUT2D eigenvalue weighted by Gasteiger charge is 2.20. The first kappa shape index (κ1) is 7.97. The predicted octanol–water partition coefficient (Wildman–Crippen LogP) is -0.778. The van der Waals surface area contributed by atoms with Crippen LogP contribution in [-0.4, -0.2) is 34.7 Å². The van der Waals surface area contributed by atoms with Gasteiger partial charge in [-0.05, 0) is 0 Å². The Morgan fingerprint density at radius 1 is 0.667 bits per heavy atom. The maximum atomic E-state index is 8.52. The predicted molar refractivity (Wildman–Crippen MR) is 37.0 cm³/mol. The van der Waals surface area contributed by atoms with Crippen molar-refractivity contribution in [2.45, 2.75) is 0 Å². The van der Waals surface area contributed by atoms with Gasteiger partial charge in [-0.2, -0.15) is 15.8 Å². The molecule has 6 nitrogen and oxygen atoms in total. The summed E-state index contributed by atoms with van der Waals surface area (Å²) >= 11 is 0. The van der Waals surface area contributed by atoms with Gasteiger partial charge in [0, 0.05) is 0 Å². The van der Waals surface area contributed by atoms with Crippen molar-refractivity contribution in [2.24, 2.45) is 0 Å². The third-order valence-corrected chi connectivity index (χ3v) is 1.45. The van der Waals surface area contributed by atoms with Crippen molar-refractivity contribution < 1.29 is 0 Å². The fourth-order valence-electron chi connectivity index (χ4n) is 0.942. The summed E-state index contributed by atoms with van der Waals surface area (Å²) in [4.78, 5) is 3.99. The molecule has 1 heterocycles. The second kappa shape index (κ2) is 3.32. The minimum Gasteiger partial charge on any atom is -0.272 e. The molecule has 0 aromatic rings. The second-order valence-corrected chi connectivity index (χ2v) is 2.34. The fraction of sp³-hybridized carbons (Fsp3) is 0.500. The molecule has 1 rings (SSSR count). The summed E-state index contributed by atoms with van der Waals surface area (Å²) in [5.74, 6) is 0. The van der Waals surface area contributed by atoms with Gasteiger partial charge in [0.15, 0.2) is 18.6 Å². The Labute approximate surface area is 70.0 Å². The Kier molecular flexibility index (Phi) is 2.20. The lowest BCUT2D eigenvalue weighted by Gasteiger charge is -2.33. The maximum Gasteiger partial charge on any atom is 0.182 e. The molecule has 6 heteroatoms. The monoisotopic (exact) mass is 162 g/mol. The standard InChI is InChI=1S/C6H6N6/c7-1-10-4-11(2-8)6-12(3-9)5-10/h4-6H2. The van der Waals surface area contributed by atoms with Gasteiger partial charge in [0.25, 0.3) is 0 Å². The van der Waals surface area contributed by atoms with Crippen LogP contribution in [0.25, 0.3) is 0 Å². The number of hydrogen-bond acceptors (Lipinski definition) is 6. The van der Waals surface area contributed by atoms with Gasteiger partial charge in [-0.25, -0.2) is 0 Å². The molecule has 1 aliphatic rings. The highest BCUT2D eigenvalue weighted by atomic mass is 15.5. The molecule has 0 amide bonds. The third-order valence-electron chi connectivity index (χ3n) is 1.45. The van der Waals surface area contributed by atoms with E-state index >= 15 is 0 Å². The van der Waals surface area contributed by atoms with Gasteiger partial charge < -0.3 is 0 Å². The number of nitrogens with zero attached hydrogens (tertiary/aromatic N) is 6. The lowest BCUT2D eigenvalue weighted by molar-refractivity contribution is 0.0722. The molecule has 1 fully saturated rings. The molecule has 0 unspecified atom stereocenters. The lowest BCUT2D eigenvalue weighted by Crippen LogP contribution is -2.49. The largest absolute Gasteiger partial charge is 0.272 e. The van der Waals surface area contributed by atoms with Crippen molar-refractivity contribution in [3.05, 3.63) is 0 Å². The van der Waals surface area contributed by atoms with Crippen LogP contribution in [0.1, 0.15) is 0 Å². The molecule has 12 heavy (non-hydrogen) atoms. The van der Waals surface area contributed by atoms with Crippen molar-refractivity contribution in [1.29, 1.82) is 15.8 Å². The van der Waals surface area contributed by atoms with Crippen LogP contribution >= 0.6 is 0 Å². The summed E-state index contributed by atoms with van der Waals surface area (Å²) in [6, 6.07) is 0. The summed E-state index contributed by atoms with van der Waals surface area (Å²) in [5.41, 5.74) is 0. The molecule has 1 aliphatic heterocycles. The molecule has 0 saturated carbocycles. The quantitative estimate of drug-likeness (QED) is 0.435. The molecule has 0 atom stereocenters. The average molecular weight is 162 g/mol. The molecule has 0 bridgehead atoms. The lowest BCUT2D eigenvalue weighted by atomic mass is 10.5. The van der Waals surface area contributed by atoms with E-state index < -0.39 is 0 Å². The number of rotatable bonds is 0. The molecular weight excluding hydrogens is 156 g/mol. The summed E-state index contributed by atoms with van der Waals surface area (Å²) in [5, 5.41) is 25.6. The van der Waals surface area contributed by atoms with Crippen LogP contribution < -0.4 is 0 Å². The Balaban J connectivity index is 2.63. The van der Waals surface area contributed by atoms with E-state index in [9.17, 15) is 0 Å². The number of hydrogen-bond donors (Lipinski definition) is 0. The van der Waals surface area contributed by atoms with Crippen molar-refractivity contribution in [3.8, 4) is 18.6 Å². The zero-order valence-electron chi connectivity index (χ0n) is 6.30. The van der Waals surface area contributed by atoms with E-state index in [0.717, 1.165) is 0 Å². The van der Waals surface area contributed by atoms with E-state index in [1.54, 1.807) is 0 Å². The first-order valence-electron chi connectivity index (χ1n) is 3.24. The van der Waals surface area contributed by atoms with Crippen LogP contribution in [0, 0.1) is 34.4 Å². The van der Waals surface area contributed by atoms with Crippen molar-refractivity contribution in [1.82, 2.24) is 14.7 Å². The molecule has 0 N–H and O–H groups in total. The molecular formula is C6H6N6. The third kappa shape index (κ3) is 1.47. The van der Waals surface area contributed by atoms with Crippen molar-refractivity contribution >= 4 is 0 Å². The van der Waals surface area contributed by atoms with Crippen LogP contribution in [0.3, 0.4) is 0 Å². The SMILES string of the molecule is N#CN1CN(C#N)CN(C#N)C1. The second-order valence-electron chi connectivity index (χ2n) is 2.34. The summed E-state index contributed by atoms with van der Waals surface area (Å²) in [7, 11) is 0. The Morgan fingerprint density at radius 3 is 1.08 bits per heavy atom. The van der Waals surface area contributed by atoms with Crippen LogP contribution in [0.15, 0.2) is 0 Å². The maximum absolute atomic E-state index is 8.52.